The Bertz CT molecular complexity index is 332. The first-order valence-corrected chi connectivity index (χ1v) is 5.48. The second-order valence-electron chi connectivity index (χ2n) is 4.40. The molecule has 8 heteroatoms. The zero-order valence-electron chi connectivity index (χ0n) is 9.98. The third kappa shape index (κ3) is 2.11. The van der Waals surface area contributed by atoms with Crippen LogP contribution in [0.1, 0.15) is 6.92 Å². The number of fused-ring (bicyclic) bond motifs is 1. The molecule has 18 heavy (non-hydrogen) atoms. The van der Waals surface area contributed by atoms with Crippen LogP contribution in [-0.4, -0.2) is 71.5 Å². The number of hydrogen-bond acceptors (Lipinski definition) is 7. The van der Waals surface area contributed by atoms with Gasteiger partial charge in [-0.2, -0.15) is 0 Å². The number of methoxy groups -OCH3 is 1. The van der Waals surface area contributed by atoms with E-state index in [9.17, 15) is 15.0 Å². The van der Waals surface area contributed by atoms with Crippen molar-refractivity contribution in [1.29, 1.82) is 0 Å². The van der Waals surface area contributed by atoms with Crippen LogP contribution < -0.4 is 0 Å². The molecule has 0 aromatic carbocycles. The van der Waals surface area contributed by atoms with Gasteiger partial charge in [0.2, 0.25) is 0 Å². The maximum atomic E-state index is 11.0. The minimum Gasteiger partial charge on any atom is -0.477 e. The van der Waals surface area contributed by atoms with Gasteiger partial charge in [0.05, 0.1) is 6.61 Å². The Hall–Kier alpha value is -0.770. The van der Waals surface area contributed by atoms with E-state index in [1.165, 1.54) is 14.0 Å². The Balaban J connectivity index is 2.15. The third-order valence-electron chi connectivity index (χ3n) is 3.15. The highest BCUT2D eigenvalue weighted by Gasteiger charge is 2.54. The molecule has 2 rings (SSSR count). The molecule has 0 aromatic heterocycles. The van der Waals surface area contributed by atoms with E-state index in [1.807, 2.05) is 0 Å². The molecule has 0 aromatic rings. The molecular formula is C10H16O8. The highest BCUT2D eigenvalue weighted by Crippen LogP contribution is 2.32. The molecule has 0 radical (unpaired) electrons. The maximum absolute atomic E-state index is 11.0. The van der Waals surface area contributed by atoms with E-state index in [2.05, 4.69) is 0 Å². The number of carboxylic acids is 1. The highest BCUT2D eigenvalue weighted by molar-refractivity contribution is 5.75. The number of rotatable bonds is 2. The Labute approximate surface area is 103 Å². The third-order valence-corrected chi connectivity index (χ3v) is 3.15. The zero-order chi connectivity index (χ0) is 13.5. The fourth-order valence-electron chi connectivity index (χ4n) is 2.03. The van der Waals surface area contributed by atoms with Crippen molar-refractivity contribution in [3.05, 3.63) is 0 Å². The number of ether oxygens (including phenoxy) is 4. The molecule has 8 nitrogen and oxygen atoms in total. The van der Waals surface area contributed by atoms with Gasteiger partial charge in [0, 0.05) is 14.0 Å². The van der Waals surface area contributed by atoms with Crippen LogP contribution in [0.25, 0.3) is 0 Å². The van der Waals surface area contributed by atoms with Gasteiger partial charge in [0.25, 0.3) is 5.79 Å². The molecule has 1 unspecified atom stereocenters. The molecule has 2 aliphatic rings. The van der Waals surface area contributed by atoms with Crippen molar-refractivity contribution in [3.63, 3.8) is 0 Å². The lowest BCUT2D eigenvalue weighted by Crippen LogP contribution is -2.66. The lowest BCUT2D eigenvalue weighted by molar-refractivity contribution is -0.376. The van der Waals surface area contributed by atoms with Gasteiger partial charge >= 0.3 is 5.97 Å². The maximum Gasteiger partial charge on any atom is 0.364 e. The van der Waals surface area contributed by atoms with Gasteiger partial charge in [-0.05, 0) is 0 Å². The molecule has 0 aliphatic carbocycles. The lowest BCUT2D eigenvalue weighted by Gasteiger charge is -2.47. The number of carboxylic acid groups (broad SMARTS) is 1. The predicted octanol–water partition coefficient (Wildman–Crippen LogP) is -1.70. The van der Waals surface area contributed by atoms with Crippen molar-refractivity contribution < 1.29 is 39.1 Å². The summed E-state index contributed by atoms with van der Waals surface area (Å²) < 4.78 is 20.5. The Morgan fingerprint density at radius 1 is 1.39 bits per heavy atom. The van der Waals surface area contributed by atoms with Gasteiger partial charge in [-0.15, -0.1) is 0 Å². The van der Waals surface area contributed by atoms with E-state index < -0.39 is 42.5 Å². The molecule has 2 aliphatic heterocycles. The summed E-state index contributed by atoms with van der Waals surface area (Å²) in [6, 6.07) is 0. The molecule has 3 N–H and O–H groups in total. The van der Waals surface area contributed by atoms with E-state index in [4.69, 9.17) is 24.1 Å². The van der Waals surface area contributed by atoms with Gasteiger partial charge < -0.3 is 34.3 Å². The van der Waals surface area contributed by atoms with Crippen molar-refractivity contribution >= 4 is 5.97 Å². The van der Waals surface area contributed by atoms with E-state index in [0.29, 0.717) is 0 Å². The van der Waals surface area contributed by atoms with Gasteiger partial charge in [-0.1, -0.05) is 0 Å². The molecule has 2 heterocycles. The Kier molecular flexibility index (Phi) is 3.58. The van der Waals surface area contributed by atoms with Crippen LogP contribution in [0, 0.1) is 0 Å². The summed E-state index contributed by atoms with van der Waals surface area (Å²) in [4.78, 5) is 11.0. The van der Waals surface area contributed by atoms with E-state index in [-0.39, 0.29) is 6.61 Å². The van der Waals surface area contributed by atoms with Crippen molar-refractivity contribution in [2.24, 2.45) is 0 Å². The minimum atomic E-state index is -1.86. The SMILES string of the molecule is CO[C@@H]1O[C@@H]2COC(C)(C(=O)O)O[C@@H]2[C@H](O)[C@H]1O. The monoisotopic (exact) mass is 264 g/mol. The second kappa shape index (κ2) is 4.72. The Morgan fingerprint density at radius 2 is 2.06 bits per heavy atom. The summed E-state index contributed by atoms with van der Waals surface area (Å²) in [6.07, 6.45) is -5.30. The molecule has 6 atom stereocenters. The number of aliphatic hydroxyl groups excluding tert-OH is 2. The molecular weight excluding hydrogens is 248 g/mol. The second-order valence-corrected chi connectivity index (χ2v) is 4.40. The summed E-state index contributed by atoms with van der Waals surface area (Å²) in [6.45, 7) is 1.16. The summed E-state index contributed by atoms with van der Waals surface area (Å²) in [5.41, 5.74) is 0. The molecule has 0 bridgehead atoms. The molecule has 2 saturated heterocycles. The molecule has 104 valence electrons. The number of hydrogen-bond donors (Lipinski definition) is 3. The number of aliphatic carboxylic acids is 1. The number of aliphatic hydroxyl groups is 2. The predicted molar refractivity (Wildman–Crippen MR) is 54.5 cm³/mol. The number of carbonyl (C=O) groups is 1. The molecule has 0 spiro atoms. The van der Waals surface area contributed by atoms with Crippen LogP contribution in [0.15, 0.2) is 0 Å². The van der Waals surface area contributed by atoms with Crippen molar-refractivity contribution in [1.82, 2.24) is 0 Å². The summed E-state index contributed by atoms with van der Waals surface area (Å²) in [7, 11) is 1.33. The minimum absolute atomic E-state index is 0.0723. The zero-order valence-corrected chi connectivity index (χ0v) is 9.98. The standard InChI is InChI=1S/C10H16O8/c1-10(9(13)14)16-3-4-7(18-10)5(11)6(12)8(15-2)17-4/h4-8,11-12H,3H2,1-2H3,(H,13,14)/t4-,5-,6-,7+,8-,10?/m1/s1. The van der Waals surface area contributed by atoms with Crippen LogP contribution in [-0.2, 0) is 23.7 Å². The van der Waals surface area contributed by atoms with E-state index in [1.54, 1.807) is 0 Å². The fourth-order valence-corrected chi connectivity index (χ4v) is 2.03. The summed E-state index contributed by atoms with van der Waals surface area (Å²) in [5, 5.41) is 28.6. The van der Waals surface area contributed by atoms with Gasteiger partial charge in [0.1, 0.15) is 24.4 Å². The van der Waals surface area contributed by atoms with Crippen LogP contribution >= 0.6 is 0 Å². The van der Waals surface area contributed by atoms with Crippen molar-refractivity contribution in [2.45, 2.75) is 43.4 Å². The highest BCUT2D eigenvalue weighted by atomic mass is 16.8. The molecule has 2 fully saturated rings. The van der Waals surface area contributed by atoms with Crippen molar-refractivity contribution in [3.8, 4) is 0 Å². The average molecular weight is 264 g/mol. The summed E-state index contributed by atoms with van der Waals surface area (Å²) in [5.74, 6) is -3.16. The quantitative estimate of drug-likeness (QED) is 0.540. The molecule has 0 saturated carbocycles. The average Bonchev–Trinajstić information content (AvgIpc) is 2.34. The van der Waals surface area contributed by atoms with Gasteiger partial charge in [0.15, 0.2) is 6.29 Å². The largest absolute Gasteiger partial charge is 0.477 e. The van der Waals surface area contributed by atoms with Crippen molar-refractivity contribution in [2.75, 3.05) is 13.7 Å². The Morgan fingerprint density at radius 3 is 2.61 bits per heavy atom. The van der Waals surface area contributed by atoms with E-state index in [0.717, 1.165) is 0 Å². The first-order valence-electron chi connectivity index (χ1n) is 5.48. The lowest BCUT2D eigenvalue weighted by atomic mass is 9.97. The smallest absolute Gasteiger partial charge is 0.364 e. The van der Waals surface area contributed by atoms with Gasteiger partial charge in [-0.25, -0.2) is 4.79 Å². The summed E-state index contributed by atoms with van der Waals surface area (Å²) >= 11 is 0. The fraction of sp³-hybridized carbons (Fsp3) is 0.900. The van der Waals surface area contributed by atoms with Gasteiger partial charge in [-0.3, -0.25) is 0 Å². The molecule has 0 amide bonds. The van der Waals surface area contributed by atoms with Crippen LogP contribution in [0.5, 0.6) is 0 Å². The normalized spacial score (nSPS) is 48.6. The van der Waals surface area contributed by atoms with Crippen LogP contribution in [0.3, 0.4) is 0 Å². The topological polar surface area (TPSA) is 115 Å². The first-order chi connectivity index (χ1) is 8.39. The first kappa shape index (κ1) is 13.7. The van der Waals surface area contributed by atoms with Crippen LogP contribution in [0.4, 0.5) is 0 Å². The van der Waals surface area contributed by atoms with Crippen LogP contribution in [0.2, 0.25) is 0 Å². The van der Waals surface area contributed by atoms with E-state index >= 15 is 0 Å².